The van der Waals surface area contributed by atoms with Gasteiger partial charge in [-0.25, -0.2) is 9.97 Å². The lowest BCUT2D eigenvalue weighted by Gasteiger charge is -2.26. The van der Waals surface area contributed by atoms with Crippen molar-refractivity contribution >= 4 is 5.95 Å². The Balaban J connectivity index is 1.63. The van der Waals surface area contributed by atoms with E-state index in [9.17, 15) is 0 Å². The number of aromatic nitrogens is 2. The van der Waals surface area contributed by atoms with E-state index in [1.54, 1.807) is 7.11 Å². The van der Waals surface area contributed by atoms with Gasteiger partial charge in [-0.2, -0.15) is 0 Å². The highest BCUT2D eigenvalue weighted by Crippen LogP contribution is 2.29. The first-order chi connectivity index (χ1) is 11.2. The lowest BCUT2D eigenvalue weighted by molar-refractivity contribution is 0.396. The first-order valence-corrected chi connectivity index (χ1v) is 8.04. The summed E-state index contributed by atoms with van der Waals surface area (Å²) < 4.78 is 5.47. The number of nitrogens with zero attached hydrogens (tertiary/aromatic N) is 3. The van der Waals surface area contributed by atoms with Crippen molar-refractivity contribution in [2.75, 3.05) is 26.1 Å². The fraction of sp³-hybridized carbons (Fsp3) is 0.444. The Kier molecular flexibility index (Phi) is 4.76. The second-order valence-electron chi connectivity index (χ2n) is 6.16. The summed E-state index contributed by atoms with van der Waals surface area (Å²) in [5, 5.41) is 3.63. The first kappa shape index (κ1) is 15.7. The minimum atomic E-state index is 0.479. The number of hydrogen-bond acceptors (Lipinski definition) is 5. The van der Waals surface area contributed by atoms with Crippen molar-refractivity contribution in [1.82, 2.24) is 15.3 Å². The number of rotatable bonds is 5. The Labute approximate surface area is 137 Å². The fourth-order valence-electron chi connectivity index (χ4n) is 3.09. The quantitative estimate of drug-likeness (QED) is 0.917. The minimum Gasteiger partial charge on any atom is -0.496 e. The van der Waals surface area contributed by atoms with Crippen LogP contribution in [0.4, 0.5) is 5.95 Å². The molecule has 0 spiro atoms. The van der Waals surface area contributed by atoms with Gasteiger partial charge in [0.05, 0.1) is 12.8 Å². The average molecular weight is 312 g/mol. The molecule has 1 heterocycles. The van der Waals surface area contributed by atoms with Gasteiger partial charge in [-0.1, -0.05) is 12.1 Å². The zero-order valence-electron chi connectivity index (χ0n) is 14.0. The number of ether oxygens (including phenoxy) is 1. The van der Waals surface area contributed by atoms with Gasteiger partial charge in [0.2, 0.25) is 5.95 Å². The van der Waals surface area contributed by atoms with E-state index < -0.39 is 0 Å². The van der Waals surface area contributed by atoms with Crippen molar-refractivity contribution < 1.29 is 4.74 Å². The predicted molar refractivity (Wildman–Crippen MR) is 92.0 cm³/mol. The topological polar surface area (TPSA) is 50.3 Å². The van der Waals surface area contributed by atoms with Crippen molar-refractivity contribution in [1.29, 1.82) is 0 Å². The summed E-state index contributed by atoms with van der Waals surface area (Å²) in [6, 6.07) is 8.79. The molecule has 23 heavy (non-hydrogen) atoms. The predicted octanol–water partition coefficient (Wildman–Crippen LogP) is 2.20. The lowest BCUT2D eigenvalue weighted by Crippen LogP contribution is -2.34. The van der Waals surface area contributed by atoms with Crippen molar-refractivity contribution in [3.63, 3.8) is 0 Å². The van der Waals surface area contributed by atoms with Crippen LogP contribution in [0.5, 0.6) is 5.75 Å². The zero-order valence-corrected chi connectivity index (χ0v) is 14.0. The van der Waals surface area contributed by atoms with E-state index >= 15 is 0 Å². The van der Waals surface area contributed by atoms with Crippen molar-refractivity contribution in [3.8, 4) is 5.75 Å². The summed E-state index contributed by atoms with van der Waals surface area (Å²) in [7, 11) is 5.66. The van der Waals surface area contributed by atoms with Crippen LogP contribution >= 0.6 is 0 Å². The van der Waals surface area contributed by atoms with Gasteiger partial charge in [0.25, 0.3) is 0 Å². The molecule has 0 amide bonds. The van der Waals surface area contributed by atoms with Crippen molar-refractivity contribution in [3.05, 3.63) is 47.3 Å². The highest BCUT2D eigenvalue weighted by atomic mass is 16.5. The maximum Gasteiger partial charge on any atom is 0.225 e. The molecular formula is C18H24N4O. The molecule has 1 N–H and O–H groups in total. The van der Waals surface area contributed by atoms with Crippen LogP contribution in [0, 0.1) is 0 Å². The van der Waals surface area contributed by atoms with Gasteiger partial charge in [0, 0.05) is 32.9 Å². The van der Waals surface area contributed by atoms with Gasteiger partial charge in [0.15, 0.2) is 0 Å². The molecular weight excluding hydrogens is 288 g/mol. The smallest absolute Gasteiger partial charge is 0.225 e. The molecule has 1 aliphatic carbocycles. The molecule has 1 aliphatic rings. The Morgan fingerprint density at radius 3 is 2.96 bits per heavy atom. The number of anilines is 1. The standard InChI is InChI=1S/C18H24N4O/c1-22(2)18-19-10-9-15(21-18)12-20-14-7-8-16-13(11-14)5-4-6-17(16)23-3/h4-6,9-10,14,20H,7-8,11-12H2,1-3H3. The van der Waals surface area contributed by atoms with Gasteiger partial charge in [-0.15, -0.1) is 0 Å². The maximum absolute atomic E-state index is 5.47. The Morgan fingerprint density at radius 1 is 1.30 bits per heavy atom. The van der Waals surface area contributed by atoms with E-state index in [2.05, 4.69) is 33.5 Å². The van der Waals surface area contributed by atoms with Crippen LogP contribution in [-0.4, -0.2) is 37.2 Å². The largest absolute Gasteiger partial charge is 0.496 e. The molecule has 1 aromatic carbocycles. The molecule has 3 rings (SSSR count). The van der Waals surface area contributed by atoms with Gasteiger partial charge in [-0.3, -0.25) is 0 Å². The molecule has 122 valence electrons. The second-order valence-corrected chi connectivity index (χ2v) is 6.16. The summed E-state index contributed by atoms with van der Waals surface area (Å²) in [6.07, 6.45) is 5.04. The summed E-state index contributed by atoms with van der Waals surface area (Å²) in [4.78, 5) is 10.7. The van der Waals surface area contributed by atoms with Crippen LogP contribution in [0.15, 0.2) is 30.5 Å². The number of fused-ring (bicyclic) bond motifs is 1. The first-order valence-electron chi connectivity index (χ1n) is 8.04. The van der Waals surface area contributed by atoms with Crippen LogP contribution < -0.4 is 15.0 Å². The molecule has 0 radical (unpaired) electrons. The van der Waals surface area contributed by atoms with Gasteiger partial charge >= 0.3 is 0 Å². The van der Waals surface area contributed by atoms with E-state index in [4.69, 9.17) is 4.74 Å². The molecule has 5 nitrogen and oxygen atoms in total. The molecule has 0 aliphatic heterocycles. The van der Waals surface area contributed by atoms with Gasteiger partial charge < -0.3 is 15.0 Å². The molecule has 0 fully saturated rings. The molecule has 2 aromatic rings. The third-order valence-electron chi connectivity index (χ3n) is 4.33. The normalized spacial score (nSPS) is 16.7. The van der Waals surface area contributed by atoms with Crippen LogP contribution in [0.2, 0.25) is 0 Å². The van der Waals surface area contributed by atoms with Crippen LogP contribution in [0.3, 0.4) is 0 Å². The monoisotopic (exact) mass is 312 g/mol. The van der Waals surface area contributed by atoms with E-state index in [1.165, 1.54) is 11.1 Å². The highest BCUT2D eigenvalue weighted by Gasteiger charge is 2.20. The van der Waals surface area contributed by atoms with Gasteiger partial charge in [-0.05, 0) is 42.5 Å². The molecule has 0 bridgehead atoms. The number of hydrogen-bond donors (Lipinski definition) is 1. The van der Waals surface area contributed by atoms with Crippen molar-refractivity contribution in [2.24, 2.45) is 0 Å². The molecule has 1 atom stereocenters. The third kappa shape index (κ3) is 3.62. The Hall–Kier alpha value is -2.14. The van der Waals surface area contributed by atoms with Crippen LogP contribution in [0.25, 0.3) is 0 Å². The van der Waals surface area contributed by atoms with Crippen LogP contribution in [0.1, 0.15) is 23.2 Å². The molecule has 5 heteroatoms. The van der Waals surface area contributed by atoms with Crippen molar-refractivity contribution in [2.45, 2.75) is 31.8 Å². The fourth-order valence-corrected chi connectivity index (χ4v) is 3.09. The van der Waals surface area contributed by atoms with Gasteiger partial charge in [0.1, 0.15) is 5.75 Å². The van der Waals surface area contributed by atoms with Crippen LogP contribution in [-0.2, 0) is 19.4 Å². The summed E-state index contributed by atoms with van der Waals surface area (Å²) in [6.45, 7) is 0.771. The zero-order chi connectivity index (χ0) is 16.2. The number of benzene rings is 1. The Morgan fingerprint density at radius 2 is 2.17 bits per heavy atom. The molecule has 1 aromatic heterocycles. The maximum atomic E-state index is 5.47. The number of nitrogens with one attached hydrogen (secondary N) is 1. The Bertz CT molecular complexity index is 672. The minimum absolute atomic E-state index is 0.479. The highest BCUT2D eigenvalue weighted by molar-refractivity contribution is 5.42. The summed E-state index contributed by atoms with van der Waals surface area (Å²) in [5.41, 5.74) is 3.79. The summed E-state index contributed by atoms with van der Waals surface area (Å²) >= 11 is 0. The summed E-state index contributed by atoms with van der Waals surface area (Å²) in [5.74, 6) is 1.77. The lowest BCUT2D eigenvalue weighted by atomic mass is 9.87. The second kappa shape index (κ2) is 6.96. The average Bonchev–Trinajstić information content (AvgIpc) is 2.59. The number of methoxy groups -OCH3 is 1. The molecule has 0 saturated carbocycles. The third-order valence-corrected chi connectivity index (χ3v) is 4.33. The van der Waals surface area contributed by atoms with E-state index in [-0.39, 0.29) is 0 Å². The van der Waals surface area contributed by atoms with E-state index in [1.807, 2.05) is 31.3 Å². The van der Waals surface area contributed by atoms with E-state index in [0.717, 1.165) is 43.2 Å². The molecule has 0 saturated heterocycles. The van der Waals surface area contributed by atoms with E-state index in [0.29, 0.717) is 6.04 Å². The SMILES string of the molecule is COc1cccc2c1CCC(NCc1ccnc(N(C)C)n1)C2. The molecule has 1 unspecified atom stereocenters.